The number of quaternary nitrogens is 1. The minimum absolute atomic E-state index is 0.423. The van der Waals surface area contributed by atoms with Gasteiger partial charge in [-0.1, -0.05) is 33.8 Å². The van der Waals surface area contributed by atoms with Crippen LogP contribution in [0.15, 0.2) is 24.2 Å². The molecule has 0 unspecified atom stereocenters. The van der Waals surface area contributed by atoms with E-state index < -0.39 is 5.83 Å². The maximum absolute atomic E-state index is 12.4. The molecule has 0 aromatic rings. The van der Waals surface area contributed by atoms with Gasteiger partial charge in [0.05, 0.1) is 0 Å². The molecule has 78 valence electrons. The van der Waals surface area contributed by atoms with Crippen LogP contribution in [0.25, 0.3) is 0 Å². The number of nitrogens with two attached hydrogens (primary N) is 1. The van der Waals surface area contributed by atoms with Crippen molar-refractivity contribution in [1.29, 1.82) is 0 Å². The van der Waals surface area contributed by atoms with E-state index in [-0.39, 0.29) is 0 Å². The highest BCUT2D eigenvalue weighted by molar-refractivity contribution is 5.07. The number of hydrogen-bond acceptors (Lipinski definition) is 1. The van der Waals surface area contributed by atoms with E-state index in [1.165, 1.54) is 6.08 Å². The summed E-state index contributed by atoms with van der Waals surface area (Å²) in [5.74, 6) is 0.116. The maximum Gasteiger partial charge on any atom is 0.178 e. The van der Waals surface area contributed by atoms with Gasteiger partial charge < -0.3 is 0 Å². The summed E-state index contributed by atoms with van der Waals surface area (Å²) in [6.45, 7) is 8.12. The molecule has 3 heteroatoms. The minimum Gasteiger partial charge on any atom is -0.216 e. The van der Waals surface area contributed by atoms with Crippen LogP contribution in [0.1, 0.15) is 34.1 Å². The Morgan fingerprint density at radius 2 is 2.00 bits per heavy atom. The third kappa shape index (κ3) is 14.2. The van der Waals surface area contributed by atoms with Gasteiger partial charge in [-0.3, -0.25) is 0 Å². The molecule has 0 rings (SSSR count). The van der Waals surface area contributed by atoms with Gasteiger partial charge >= 0.3 is 0 Å². The summed E-state index contributed by atoms with van der Waals surface area (Å²) in [6, 6.07) is 0. The van der Waals surface area contributed by atoms with Gasteiger partial charge in [-0.15, -0.1) is 0 Å². The molecule has 0 aromatic heterocycles. The molecule has 0 fully saturated rings. The van der Waals surface area contributed by atoms with E-state index in [4.69, 9.17) is 5.21 Å². The normalized spacial score (nSPS) is 11.8. The monoisotopic (exact) mass is 190 g/mol. The van der Waals surface area contributed by atoms with Gasteiger partial charge in [0.2, 0.25) is 0 Å². The van der Waals surface area contributed by atoms with Crippen molar-refractivity contribution < 1.29 is 15.1 Å². The Hall–Kier alpha value is -0.670. The second-order valence-electron chi connectivity index (χ2n) is 2.73. The lowest BCUT2D eigenvalue weighted by Crippen LogP contribution is -2.73. The highest BCUT2D eigenvalue weighted by Crippen LogP contribution is 2.02. The van der Waals surface area contributed by atoms with E-state index in [9.17, 15) is 4.39 Å². The van der Waals surface area contributed by atoms with Crippen LogP contribution < -0.4 is 5.48 Å². The van der Waals surface area contributed by atoms with Gasteiger partial charge in [-0.2, -0.15) is 5.48 Å². The standard InChI is InChI=1S/C8H14FNO.C2H6/c1-7(2)4-3-5-8(9)6-10-11;1-2/h3,5-7,10-11H,4H2,1-2H3;1-2H3/p+1/b5-3-,8-6+;. The van der Waals surface area contributed by atoms with Gasteiger partial charge in [-0.25, -0.2) is 9.60 Å². The summed E-state index contributed by atoms with van der Waals surface area (Å²) >= 11 is 0. The van der Waals surface area contributed by atoms with Gasteiger partial charge in [0, 0.05) is 0 Å². The molecule has 0 saturated carbocycles. The van der Waals surface area contributed by atoms with Gasteiger partial charge in [-0.05, 0) is 18.4 Å². The third-order valence-corrected chi connectivity index (χ3v) is 1.12. The fourth-order valence-corrected chi connectivity index (χ4v) is 0.580. The molecule has 0 saturated heterocycles. The van der Waals surface area contributed by atoms with Gasteiger partial charge in [0.15, 0.2) is 12.0 Å². The lowest BCUT2D eigenvalue weighted by Gasteiger charge is -1.94. The molecule has 0 aliphatic heterocycles. The Morgan fingerprint density at radius 1 is 1.46 bits per heavy atom. The summed E-state index contributed by atoms with van der Waals surface area (Å²) < 4.78 is 12.4. The molecule has 0 bridgehead atoms. The van der Waals surface area contributed by atoms with E-state index in [0.717, 1.165) is 12.6 Å². The molecule has 0 spiro atoms. The molecule has 3 N–H and O–H groups in total. The maximum atomic E-state index is 12.4. The lowest BCUT2D eigenvalue weighted by atomic mass is 10.1. The summed E-state index contributed by atoms with van der Waals surface area (Å²) in [6.07, 6.45) is 4.97. The molecule has 2 nitrogen and oxygen atoms in total. The SMILES string of the molecule is CC.CC(C)C/C=C\C(F)=C/[NH2+]O. The van der Waals surface area contributed by atoms with Crippen molar-refractivity contribution in [2.24, 2.45) is 5.92 Å². The van der Waals surface area contributed by atoms with Gasteiger partial charge in [0.1, 0.15) is 0 Å². The molecule has 0 aromatic carbocycles. The van der Waals surface area contributed by atoms with Crippen molar-refractivity contribution >= 4 is 0 Å². The summed E-state index contributed by atoms with van der Waals surface area (Å²) in [4.78, 5) is 0. The van der Waals surface area contributed by atoms with Crippen LogP contribution in [0, 0.1) is 5.92 Å². The quantitative estimate of drug-likeness (QED) is 0.518. The van der Waals surface area contributed by atoms with Crippen LogP contribution in [0.5, 0.6) is 0 Å². The first-order chi connectivity index (χ1) is 6.16. The molecule has 0 atom stereocenters. The predicted octanol–water partition coefficient (Wildman–Crippen LogP) is 2.38. The third-order valence-electron chi connectivity index (χ3n) is 1.12. The van der Waals surface area contributed by atoms with Gasteiger partial charge in [0.25, 0.3) is 0 Å². The molecular formula is C10H21FNO+. The Bertz CT molecular complexity index is 153. The fraction of sp³-hybridized carbons (Fsp3) is 0.600. The van der Waals surface area contributed by atoms with E-state index in [1.807, 2.05) is 13.8 Å². The Balaban J connectivity index is 0. The topological polar surface area (TPSA) is 36.8 Å². The smallest absolute Gasteiger partial charge is 0.178 e. The van der Waals surface area contributed by atoms with E-state index in [0.29, 0.717) is 11.4 Å². The van der Waals surface area contributed by atoms with Crippen LogP contribution in [0.3, 0.4) is 0 Å². The molecule has 0 heterocycles. The number of hydroxylamine groups is 1. The van der Waals surface area contributed by atoms with E-state index in [1.54, 1.807) is 6.08 Å². The number of hydrogen-bond donors (Lipinski definition) is 2. The number of rotatable bonds is 4. The first-order valence-corrected chi connectivity index (χ1v) is 4.66. The van der Waals surface area contributed by atoms with Crippen LogP contribution in [-0.4, -0.2) is 5.21 Å². The van der Waals surface area contributed by atoms with E-state index in [2.05, 4.69) is 13.8 Å². The molecule has 0 radical (unpaired) electrons. The Morgan fingerprint density at radius 3 is 2.38 bits per heavy atom. The van der Waals surface area contributed by atoms with Crippen molar-refractivity contribution in [2.75, 3.05) is 0 Å². The average molecular weight is 190 g/mol. The highest BCUT2D eigenvalue weighted by atomic mass is 19.1. The van der Waals surface area contributed by atoms with Crippen LogP contribution in [-0.2, 0) is 0 Å². The van der Waals surface area contributed by atoms with E-state index >= 15 is 0 Å². The predicted molar refractivity (Wildman–Crippen MR) is 52.8 cm³/mol. The zero-order chi connectivity index (χ0) is 10.7. The highest BCUT2D eigenvalue weighted by Gasteiger charge is 1.90. The first kappa shape index (κ1) is 14.8. The summed E-state index contributed by atoms with van der Waals surface area (Å²) in [5, 5.41) is 8.17. The zero-order valence-electron chi connectivity index (χ0n) is 8.92. The number of halogens is 1. The Labute approximate surface area is 80.1 Å². The lowest BCUT2D eigenvalue weighted by molar-refractivity contribution is -0.839. The molecule has 13 heavy (non-hydrogen) atoms. The van der Waals surface area contributed by atoms with Crippen LogP contribution in [0.4, 0.5) is 4.39 Å². The molecule has 0 amide bonds. The zero-order valence-corrected chi connectivity index (χ0v) is 8.92. The van der Waals surface area contributed by atoms with Crippen molar-refractivity contribution in [2.45, 2.75) is 34.1 Å². The van der Waals surface area contributed by atoms with Crippen LogP contribution in [0.2, 0.25) is 0 Å². The van der Waals surface area contributed by atoms with Crippen molar-refractivity contribution in [3.8, 4) is 0 Å². The van der Waals surface area contributed by atoms with Crippen molar-refractivity contribution in [3.05, 3.63) is 24.2 Å². The van der Waals surface area contributed by atoms with Crippen molar-refractivity contribution in [1.82, 2.24) is 0 Å². The second kappa shape index (κ2) is 11.3. The second-order valence-corrected chi connectivity index (χ2v) is 2.73. The molecular weight excluding hydrogens is 169 g/mol. The fourth-order valence-electron chi connectivity index (χ4n) is 0.580. The Kier molecular flexibility index (Phi) is 12.9. The van der Waals surface area contributed by atoms with Crippen molar-refractivity contribution in [3.63, 3.8) is 0 Å². The van der Waals surface area contributed by atoms with Crippen LogP contribution >= 0.6 is 0 Å². The average Bonchev–Trinajstić information content (AvgIpc) is 2.08. The number of allylic oxidation sites excluding steroid dienone is 3. The summed E-state index contributed by atoms with van der Waals surface area (Å²) in [7, 11) is 0. The largest absolute Gasteiger partial charge is 0.216 e. The minimum atomic E-state index is -0.423. The molecule has 0 aliphatic carbocycles. The summed E-state index contributed by atoms with van der Waals surface area (Å²) in [5.41, 5.74) is 0.690. The molecule has 0 aliphatic rings. The first-order valence-electron chi connectivity index (χ1n) is 4.66.